The van der Waals surface area contributed by atoms with E-state index in [-0.39, 0.29) is 12.6 Å². The molecule has 2 heterocycles. The van der Waals surface area contributed by atoms with Crippen molar-refractivity contribution in [2.24, 2.45) is 5.92 Å². The van der Waals surface area contributed by atoms with Crippen LogP contribution in [0.4, 0.5) is 4.79 Å². The molecular formula is C14H26N2O2. The SMILES string of the molecule is CC1CCN(C(=O)N2CCCC2CCCO)CC1. The second-order valence-corrected chi connectivity index (χ2v) is 5.81. The summed E-state index contributed by atoms with van der Waals surface area (Å²) in [4.78, 5) is 16.5. The number of amides is 2. The van der Waals surface area contributed by atoms with Crippen molar-refractivity contribution in [1.82, 2.24) is 9.80 Å². The molecule has 0 saturated carbocycles. The normalized spacial score (nSPS) is 25.8. The van der Waals surface area contributed by atoms with Gasteiger partial charge in [-0.25, -0.2) is 4.79 Å². The van der Waals surface area contributed by atoms with Crippen molar-refractivity contribution >= 4 is 6.03 Å². The molecule has 0 aromatic carbocycles. The average molecular weight is 254 g/mol. The van der Waals surface area contributed by atoms with Crippen LogP contribution in [0.25, 0.3) is 0 Å². The van der Waals surface area contributed by atoms with Gasteiger partial charge in [-0.05, 0) is 44.4 Å². The van der Waals surface area contributed by atoms with E-state index in [4.69, 9.17) is 5.11 Å². The summed E-state index contributed by atoms with van der Waals surface area (Å²) in [7, 11) is 0. The van der Waals surface area contributed by atoms with Crippen LogP contribution < -0.4 is 0 Å². The van der Waals surface area contributed by atoms with Gasteiger partial charge >= 0.3 is 6.03 Å². The lowest BCUT2D eigenvalue weighted by Gasteiger charge is -2.35. The van der Waals surface area contributed by atoms with Crippen LogP contribution in [0.15, 0.2) is 0 Å². The standard InChI is InChI=1S/C14H26N2O2/c1-12-6-9-15(10-7-12)14(18)16-8-2-4-13(16)5-3-11-17/h12-13,17H,2-11H2,1H3. The number of aliphatic hydroxyl groups excluding tert-OH is 1. The number of likely N-dealkylation sites (tertiary alicyclic amines) is 2. The first-order valence-corrected chi connectivity index (χ1v) is 7.38. The van der Waals surface area contributed by atoms with E-state index in [0.29, 0.717) is 6.04 Å². The Hall–Kier alpha value is -0.770. The zero-order chi connectivity index (χ0) is 13.0. The highest BCUT2D eigenvalue weighted by Gasteiger charge is 2.32. The van der Waals surface area contributed by atoms with Gasteiger partial charge in [0.15, 0.2) is 0 Å². The monoisotopic (exact) mass is 254 g/mol. The molecule has 1 atom stereocenters. The molecule has 2 amide bonds. The van der Waals surface area contributed by atoms with Crippen molar-refractivity contribution in [2.45, 2.75) is 51.5 Å². The molecule has 18 heavy (non-hydrogen) atoms. The van der Waals surface area contributed by atoms with E-state index in [1.54, 1.807) is 0 Å². The highest BCUT2D eigenvalue weighted by atomic mass is 16.3. The second-order valence-electron chi connectivity index (χ2n) is 5.81. The third kappa shape index (κ3) is 3.16. The molecule has 0 aromatic heterocycles. The molecule has 0 aliphatic carbocycles. The maximum Gasteiger partial charge on any atom is 0.320 e. The molecule has 0 bridgehead atoms. The quantitative estimate of drug-likeness (QED) is 0.838. The Morgan fingerprint density at radius 2 is 1.94 bits per heavy atom. The van der Waals surface area contributed by atoms with E-state index < -0.39 is 0 Å². The minimum atomic E-state index is 0.236. The summed E-state index contributed by atoms with van der Waals surface area (Å²) in [6, 6.07) is 0.603. The summed E-state index contributed by atoms with van der Waals surface area (Å²) in [5, 5.41) is 8.92. The minimum absolute atomic E-state index is 0.236. The lowest BCUT2D eigenvalue weighted by atomic mass is 9.99. The number of aliphatic hydroxyl groups is 1. The maximum atomic E-state index is 12.5. The van der Waals surface area contributed by atoms with Gasteiger partial charge in [-0.15, -0.1) is 0 Å². The first-order chi connectivity index (χ1) is 8.72. The van der Waals surface area contributed by atoms with Crippen LogP contribution in [0.3, 0.4) is 0 Å². The first kappa shape index (κ1) is 13.7. The van der Waals surface area contributed by atoms with Crippen molar-refractivity contribution in [2.75, 3.05) is 26.2 Å². The van der Waals surface area contributed by atoms with Gasteiger partial charge in [-0.2, -0.15) is 0 Å². The van der Waals surface area contributed by atoms with Gasteiger partial charge < -0.3 is 14.9 Å². The summed E-state index contributed by atoms with van der Waals surface area (Å²) >= 11 is 0. The van der Waals surface area contributed by atoms with Gasteiger partial charge in [0.2, 0.25) is 0 Å². The topological polar surface area (TPSA) is 43.8 Å². The van der Waals surface area contributed by atoms with Gasteiger partial charge in [0, 0.05) is 32.3 Å². The van der Waals surface area contributed by atoms with Crippen molar-refractivity contribution in [3.05, 3.63) is 0 Å². The van der Waals surface area contributed by atoms with E-state index in [9.17, 15) is 4.79 Å². The number of rotatable bonds is 3. The van der Waals surface area contributed by atoms with Crippen LogP contribution in [0.1, 0.15) is 45.4 Å². The van der Waals surface area contributed by atoms with Crippen LogP contribution in [0.2, 0.25) is 0 Å². The van der Waals surface area contributed by atoms with Gasteiger partial charge in [0.1, 0.15) is 0 Å². The number of hydrogen-bond acceptors (Lipinski definition) is 2. The molecule has 4 nitrogen and oxygen atoms in total. The van der Waals surface area contributed by atoms with Crippen LogP contribution in [-0.4, -0.2) is 53.2 Å². The number of carbonyl (C=O) groups is 1. The molecule has 4 heteroatoms. The Labute approximate surface area is 110 Å². The Morgan fingerprint density at radius 3 is 2.61 bits per heavy atom. The Kier molecular flexibility index (Phi) is 4.87. The summed E-state index contributed by atoms with van der Waals surface area (Å²) < 4.78 is 0. The van der Waals surface area contributed by atoms with Crippen molar-refractivity contribution in [3.63, 3.8) is 0 Å². The first-order valence-electron chi connectivity index (χ1n) is 7.38. The zero-order valence-electron chi connectivity index (χ0n) is 11.5. The highest BCUT2D eigenvalue weighted by molar-refractivity contribution is 5.75. The lowest BCUT2D eigenvalue weighted by Crippen LogP contribution is -2.48. The zero-order valence-corrected chi connectivity index (χ0v) is 11.5. The molecule has 2 aliphatic heterocycles. The fourth-order valence-corrected chi connectivity index (χ4v) is 3.10. The van der Waals surface area contributed by atoms with Gasteiger partial charge in [-0.1, -0.05) is 6.92 Å². The second kappa shape index (κ2) is 6.41. The van der Waals surface area contributed by atoms with Crippen molar-refractivity contribution < 1.29 is 9.90 Å². The van der Waals surface area contributed by atoms with Crippen LogP contribution in [0.5, 0.6) is 0 Å². The van der Waals surface area contributed by atoms with Gasteiger partial charge in [0.05, 0.1) is 0 Å². The molecule has 2 aliphatic rings. The number of nitrogens with zero attached hydrogens (tertiary/aromatic N) is 2. The Bertz CT molecular complexity index is 275. The third-order valence-electron chi connectivity index (χ3n) is 4.37. The Balaban J connectivity index is 1.87. The third-order valence-corrected chi connectivity index (χ3v) is 4.37. The molecule has 104 valence electrons. The molecule has 0 aromatic rings. The van der Waals surface area contributed by atoms with Crippen LogP contribution in [-0.2, 0) is 0 Å². The average Bonchev–Trinajstić information content (AvgIpc) is 2.84. The van der Waals surface area contributed by atoms with E-state index in [2.05, 4.69) is 6.92 Å². The Morgan fingerprint density at radius 1 is 1.22 bits per heavy atom. The molecule has 0 spiro atoms. The maximum absolute atomic E-state index is 12.5. The smallest absolute Gasteiger partial charge is 0.320 e. The largest absolute Gasteiger partial charge is 0.396 e. The molecule has 0 radical (unpaired) electrons. The molecule has 1 N–H and O–H groups in total. The van der Waals surface area contributed by atoms with E-state index in [1.165, 1.54) is 0 Å². The summed E-state index contributed by atoms with van der Waals surface area (Å²) in [6.45, 7) is 5.24. The molecule has 2 rings (SSSR count). The fourth-order valence-electron chi connectivity index (χ4n) is 3.10. The molecule has 2 saturated heterocycles. The van der Waals surface area contributed by atoms with Crippen molar-refractivity contribution in [3.8, 4) is 0 Å². The predicted molar refractivity (Wildman–Crippen MR) is 71.4 cm³/mol. The minimum Gasteiger partial charge on any atom is -0.396 e. The van der Waals surface area contributed by atoms with E-state index in [1.807, 2.05) is 9.80 Å². The number of hydrogen-bond donors (Lipinski definition) is 1. The fraction of sp³-hybridized carbons (Fsp3) is 0.929. The number of carbonyl (C=O) groups excluding carboxylic acids is 1. The van der Waals surface area contributed by atoms with Crippen molar-refractivity contribution in [1.29, 1.82) is 0 Å². The molecule has 2 fully saturated rings. The summed E-state index contributed by atoms with van der Waals surface area (Å²) in [5.41, 5.74) is 0. The molecular weight excluding hydrogens is 228 g/mol. The summed E-state index contributed by atoms with van der Waals surface area (Å²) in [5.74, 6) is 0.762. The van der Waals surface area contributed by atoms with E-state index >= 15 is 0 Å². The highest BCUT2D eigenvalue weighted by Crippen LogP contribution is 2.25. The van der Waals surface area contributed by atoms with Gasteiger partial charge in [0.25, 0.3) is 0 Å². The molecule has 1 unspecified atom stereocenters. The van der Waals surface area contributed by atoms with Gasteiger partial charge in [-0.3, -0.25) is 0 Å². The number of piperidine rings is 1. The van der Waals surface area contributed by atoms with Crippen LogP contribution >= 0.6 is 0 Å². The lowest BCUT2D eigenvalue weighted by molar-refractivity contribution is 0.127. The van der Waals surface area contributed by atoms with E-state index in [0.717, 1.165) is 64.1 Å². The predicted octanol–water partition coefficient (Wildman–Crippen LogP) is 2.08. The number of urea groups is 1. The summed E-state index contributed by atoms with van der Waals surface area (Å²) in [6.07, 6.45) is 6.27. The van der Waals surface area contributed by atoms with Crippen LogP contribution in [0, 0.1) is 5.92 Å².